The highest BCUT2D eigenvalue weighted by Crippen LogP contribution is 2.30. The summed E-state index contributed by atoms with van der Waals surface area (Å²) in [5, 5.41) is 6.86. The SMILES string of the molecule is CCNc1cc(NC(C)(C)CC(C)(C)C)nc(C(C)C)n1. The van der Waals surface area contributed by atoms with Crippen LogP contribution < -0.4 is 10.6 Å². The minimum absolute atomic E-state index is 0.00959. The van der Waals surface area contributed by atoms with E-state index in [1.54, 1.807) is 0 Å². The van der Waals surface area contributed by atoms with Crippen LogP contribution >= 0.6 is 0 Å². The second kappa shape index (κ2) is 6.63. The Bertz CT molecular complexity index is 458. The Morgan fingerprint density at radius 2 is 1.62 bits per heavy atom. The molecule has 1 aromatic heterocycles. The van der Waals surface area contributed by atoms with Gasteiger partial charge in [-0.25, -0.2) is 9.97 Å². The zero-order valence-electron chi connectivity index (χ0n) is 15.0. The van der Waals surface area contributed by atoms with Crippen molar-refractivity contribution in [1.29, 1.82) is 0 Å². The lowest BCUT2D eigenvalue weighted by Gasteiger charge is -2.34. The molecule has 4 nitrogen and oxygen atoms in total. The number of rotatable bonds is 6. The van der Waals surface area contributed by atoms with Crippen molar-refractivity contribution in [2.75, 3.05) is 17.2 Å². The zero-order valence-corrected chi connectivity index (χ0v) is 15.0. The van der Waals surface area contributed by atoms with Gasteiger partial charge in [0, 0.05) is 24.1 Å². The summed E-state index contributed by atoms with van der Waals surface area (Å²) in [6.07, 6.45) is 1.07. The minimum Gasteiger partial charge on any atom is -0.370 e. The van der Waals surface area contributed by atoms with Gasteiger partial charge in [0.15, 0.2) is 0 Å². The zero-order chi connectivity index (χ0) is 16.3. The molecule has 1 heterocycles. The van der Waals surface area contributed by atoms with Crippen LogP contribution in [0, 0.1) is 5.41 Å². The van der Waals surface area contributed by atoms with Crippen LogP contribution in [0.3, 0.4) is 0 Å². The molecule has 0 radical (unpaired) electrons. The maximum Gasteiger partial charge on any atom is 0.135 e. The van der Waals surface area contributed by atoms with Crippen LogP contribution in [0.2, 0.25) is 0 Å². The summed E-state index contributed by atoms with van der Waals surface area (Å²) in [5.74, 6) is 2.99. The Kier molecular flexibility index (Phi) is 5.60. The average Bonchev–Trinajstić information content (AvgIpc) is 2.24. The van der Waals surface area contributed by atoms with Crippen molar-refractivity contribution in [2.24, 2.45) is 5.41 Å². The molecule has 4 heteroatoms. The lowest BCUT2D eigenvalue weighted by Crippen LogP contribution is -2.36. The molecule has 0 amide bonds. The van der Waals surface area contributed by atoms with Crippen LogP contribution in [0.15, 0.2) is 6.07 Å². The van der Waals surface area contributed by atoms with Gasteiger partial charge in [0.05, 0.1) is 0 Å². The molecule has 0 bridgehead atoms. The highest BCUT2D eigenvalue weighted by atomic mass is 15.1. The summed E-state index contributed by atoms with van der Waals surface area (Å²) in [6.45, 7) is 18.4. The fourth-order valence-corrected chi connectivity index (χ4v) is 2.78. The summed E-state index contributed by atoms with van der Waals surface area (Å²) in [4.78, 5) is 9.23. The van der Waals surface area contributed by atoms with Crippen LogP contribution in [-0.4, -0.2) is 22.1 Å². The van der Waals surface area contributed by atoms with Crippen LogP contribution in [0.4, 0.5) is 11.6 Å². The topological polar surface area (TPSA) is 49.8 Å². The molecule has 0 aliphatic heterocycles. The number of hydrogen-bond acceptors (Lipinski definition) is 4. The van der Waals surface area contributed by atoms with Crippen molar-refractivity contribution in [2.45, 2.75) is 73.3 Å². The molecule has 1 rings (SSSR count). The van der Waals surface area contributed by atoms with Crippen molar-refractivity contribution in [3.8, 4) is 0 Å². The Balaban J connectivity index is 3.01. The smallest absolute Gasteiger partial charge is 0.135 e. The van der Waals surface area contributed by atoms with E-state index in [4.69, 9.17) is 0 Å². The summed E-state index contributed by atoms with van der Waals surface area (Å²) >= 11 is 0. The van der Waals surface area contributed by atoms with E-state index >= 15 is 0 Å². The molecule has 120 valence electrons. The Hall–Kier alpha value is -1.32. The quantitative estimate of drug-likeness (QED) is 0.800. The Morgan fingerprint density at radius 3 is 2.10 bits per heavy atom. The summed E-state index contributed by atoms with van der Waals surface area (Å²) < 4.78 is 0. The number of nitrogens with one attached hydrogen (secondary N) is 2. The van der Waals surface area contributed by atoms with Crippen LogP contribution in [0.1, 0.15) is 73.6 Å². The first-order chi connectivity index (χ1) is 9.52. The molecule has 1 aromatic rings. The van der Waals surface area contributed by atoms with Crippen LogP contribution in [0.5, 0.6) is 0 Å². The van der Waals surface area contributed by atoms with E-state index < -0.39 is 0 Å². The third kappa shape index (κ3) is 6.32. The van der Waals surface area contributed by atoms with Gasteiger partial charge in [-0.2, -0.15) is 0 Å². The van der Waals surface area contributed by atoms with Gasteiger partial charge in [0.1, 0.15) is 17.5 Å². The minimum atomic E-state index is -0.00959. The van der Waals surface area contributed by atoms with E-state index in [0.29, 0.717) is 5.92 Å². The normalized spacial score (nSPS) is 12.6. The third-order valence-corrected chi connectivity index (χ3v) is 3.06. The van der Waals surface area contributed by atoms with Crippen molar-refractivity contribution in [1.82, 2.24) is 9.97 Å². The van der Waals surface area contributed by atoms with Crippen molar-refractivity contribution in [3.05, 3.63) is 11.9 Å². The first-order valence-corrected chi connectivity index (χ1v) is 7.93. The number of anilines is 2. The van der Waals surface area contributed by atoms with E-state index in [-0.39, 0.29) is 11.0 Å². The molecule has 0 atom stereocenters. The molecule has 0 aliphatic rings. The van der Waals surface area contributed by atoms with Gasteiger partial charge < -0.3 is 10.6 Å². The molecular formula is C17H32N4. The van der Waals surface area contributed by atoms with E-state index in [0.717, 1.165) is 30.4 Å². The first-order valence-electron chi connectivity index (χ1n) is 7.93. The first kappa shape index (κ1) is 17.7. The van der Waals surface area contributed by atoms with E-state index in [2.05, 4.69) is 76.0 Å². The van der Waals surface area contributed by atoms with E-state index in [1.165, 1.54) is 0 Å². The number of hydrogen-bond donors (Lipinski definition) is 2. The maximum absolute atomic E-state index is 4.67. The van der Waals surface area contributed by atoms with Gasteiger partial charge >= 0.3 is 0 Å². The van der Waals surface area contributed by atoms with Gasteiger partial charge in [0.25, 0.3) is 0 Å². The van der Waals surface area contributed by atoms with Gasteiger partial charge in [-0.15, -0.1) is 0 Å². The van der Waals surface area contributed by atoms with Gasteiger partial charge in [0.2, 0.25) is 0 Å². The average molecular weight is 292 g/mol. The largest absolute Gasteiger partial charge is 0.370 e. The predicted molar refractivity (Wildman–Crippen MR) is 92.1 cm³/mol. The molecule has 0 aliphatic carbocycles. The molecule has 0 fully saturated rings. The standard InChI is InChI=1S/C17H32N4/c1-9-18-13-10-14(20-15(19-13)12(2)3)21-17(7,8)11-16(4,5)6/h10,12H,9,11H2,1-8H3,(H2,18,19,20,21). The number of nitrogens with zero attached hydrogens (tertiary/aromatic N) is 2. The number of aromatic nitrogens is 2. The third-order valence-electron chi connectivity index (χ3n) is 3.06. The molecule has 0 aromatic carbocycles. The van der Waals surface area contributed by atoms with Crippen LogP contribution in [0.25, 0.3) is 0 Å². The highest BCUT2D eigenvalue weighted by Gasteiger charge is 2.26. The Morgan fingerprint density at radius 1 is 1.05 bits per heavy atom. The van der Waals surface area contributed by atoms with Gasteiger partial charge in [-0.3, -0.25) is 0 Å². The molecular weight excluding hydrogens is 260 g/mol. The molecule has 0 saturated heterocycles. The second-order valence-corrected chi connectivity index (χ2v) is 7.93. The molecule has 0 unspecified atom stereocenters. The van der Waals surface area contributed by atoms with Crippen molar-refractivity contribution >= 4 is 11.6 Å². The fraction of sp³-hybridized carbons (Fsp3) is 0.765. The predicted octanol–water partition coefficient (Wildman–Crippen LogP) is 4.66. The fourth-order valence-electron chi connectivity index (χ4n) is 2.78. The molecule has 0 saturated carbocycles. The monoisotopic (exact) mass is 292 g/mol. The highest BCUT2D eigenvalue weighted by molar-refractivity contribution is 5.49. The van der Waals surface area contributed by atoms with Gasteiger partial charge in [-0.1, -0.05) is 34.6 Å². The summed E-state index contributed by atoms with van der Waals surface area (Å²) in [7, 11) is 0. The van der Waals surface area contributed by atoms with E-state index in [9.17, 15) is 0 Å². The lowest BCUT2D eigenvalue weighted by atomic mass is 9.82. The van der Waals surface area contributed by atoms with Crippen molar-refractivity contribution < 1.29 is 0 Å². The maximum atomic E-state index is 4.67. The lowest BCUT2D eigenvalue weighted by molar-refractivity contribution is 0.302. The van der Waals surface area contributed by atoms with Gasteiger partial charge in [-0.05, 0) is 32.6 Å². The summed E-state index contributed by atoms with van der Waals surface area (Å²) in [6, 6.07) is 2.00. The second-order valence-electron chi connectivity index (χ2n) is 7.93. The molecule has 0 spiro atoms. The van der Waals surface area contributed by atoms with Crippen LogP contribution in [-0.2, 0) is 0 Å². The summed E-state index contributed by atoms with van der Waals surface area (Å²) in [5.41, 5.74) is 0.263. The van der Waals surface area contributed by atoms with E-state index in [1.807, 2.05) is 6.07 Å². The molecule has 2 N–H and O–H groups in total. The molecule has 21 heavy (non-hydrogen) atoms. The Labute approximate surface area is 130 Å². The van der Waals surface area contributed by atoms with Crippen molar-refractivity contribution in [3.63, 3.8) is 0 Å².